The number of nitrogens with one attached hydrogen (secondary N) is 1. The molecule has 2 nitrogen and oxygen atoms in total. The SMILES string of the molecule is CCN(Cc1ccc(Cl)cc1F)CC1CCNCC1. The largest absolute Gasteiger partial charge is 0.317 e. The summed E-state index contributed by atoms with van der Waals surface area (Å²) in [5.41, 5.74) is 0.736. The third-order valence-electron chi connectivity index (χ3n) is 3.83. The summed E-state index contributed by atoms with van der Waals surface area (Å²) in [5, 5.41) is 3.84. The zero-order valence-electron chi connectivity index (χ0n) is 11.5. The first-order valence-electron chi connectivity index (χ1n) is 7.06. The van der Waals surface area contributed by atoms with Gasteiger partial charge in [0.05, 0.1) is 0 Å². The van der Waals surface area contributed by atoms with Crippen molar-refractivity contribution in [1.82, 2.24) is 10.2 Å². The smallest absolute Gasteiger partial charge is 0.129 e. The minimum atomic E-state index is -0.198. The van der Waals surface area contributed by atoms with E-state index < -0.39 is 0 Å². The third kappa shape index (κ3) is 4.44. The van der Waals surface area contributed by atoms with Crippen LogP contribution in [0.25, 0.3) is 0 Å². The Hall–Kier alpha value is -0.640. The molecule has 1 saturated heterocycles. The van der Waals surface area contributed by atoms with Crippen molar-refractivity contribution in [3.8, 4) is 0 Å². The molecule has 1 aliphatic rings. The molecule has 1 aromatic carbocycles. The number of halogens is 2. The topological polar surface area (TPSA) is 15.3 Å². The maximum atomic E-state index is 13.8. The Bertz CT molecular complexity index is 405. The van der Waals surface area contributed by atoms with Gasteiger partial charge in [0, 0.05) is 23.7 Å². The second kappa shape index (κ2) is 7.22. The Morgan fingerprint density at radius 2 is 2.11 bits per heavy atom. The Balaban J connectivity index is 1.94. The second-order valence-corrected chi connectivity index (χ2v) is 5.69. The fraction of sp³-hybridized carbons (Fsp3) is 0.600. The second-order valence-electron chi connectivity index (χ2n) is 5.26. The molecular weight excluding hydrogens is 263 g/mol. The van der Waals surface area contributed by atoms with Gasteiger partial charge in [0.1, 0.15) is 5.82 Å². The van der Waals surface area contributed by atoms with Crippen LogP contribution in [0.2, 0.25) is 5.02 Å². The summed E-state index contributed by atoms with van der Waals surface area (Å²) in [6.45, 7) is 7.03. The van der Waals surface area contributed by atoms with Gasteiger partial charge in [-0.15, -0.1) is 0 Å². The number of nitrogens with zero attached hydrogens (tertiary/aromatic N) is 1. The lowest BCUT2D eigenvalue weighted by molar-refractivity contribution is 0.205. The molecule has 106 valence electrons. The summed E-state index contributed by atoms with van der Waals surface area (Å²) in [4.78, 5) is 2.32. The van der Waals surface area contributed by atoms with Crippen molar-refractivity contribution in [3.63, 3.8) is 0 Å². The highest BCUT2D eigenvalue weighted by Gasteiger charge is 2.17. The Labute approximate surface area is 119 Å². The molecule has 0 radical (unpaired) electrons. The van der Waals surface area contributed by atoms with Crippen molar-refractivity contribution >= 4 is 11.6 Å². The van der Waals surface area contributed by atoms with Gasteiger partial charge < -0.3 is 5.32 Å². The van der Waals surface area contributed by atoms with Gasteiger partial charge >= 0.3 is 0 Å². The van der Waals surface area contributed by atoms with Crippen molar-refractivity contribution in [2.45, 2.75) is 26.3 Å². The van der Waals surface area contributed by atoms with Crippen LogP contribution in [0.5, 0.6) is 0 Å². The van der Waals surface area contributed by atoms with Crippen LogP contribution in [0.3, 0.4) is 0 Å². The Kier molecular flexibility index (Phi) is 5.61. The molecule has 0 spiro atoms. The van der Waals surface area contributed by atoms with Gasteiger partial charge in [0.25, 0.3) is 0 Å². The van der Waals surface area contributed by atoms with Crippen molar-refractivity contribution < 1.29 is 4.39 Å². The molecule has 19 heavy (non-hydrogen) atoms. The predicted octanol–water partition coefficient (Wildman–Crippen LogP) is 3.30. The molecule has 0 unspecified atom stereocenters. The summed E-state index contributed by atoms with van der Waals surface area (Å²) >= 11 is 5.78. The summed E-state index contributed by atoms with van der Waals surface area (Å²) in [7, 11) is 0. The van der Waals surface area contributed by atoms with Gasteiger partial charge in [0.15, 0.2) is 0 Å². The summed E-state index contributed by atoms with van der Waals surface area (Å²) in [6.07, 6.45) is 2.44. The summed E-state index contributed by atoms with van der Waals surface area (Å²) in [5.74, 6) is 0.535. The van der Waals surface area contributed by atoms with Crippen LogP contribution < -0.4 is 5.32 Å². The van der Waals surface area contributed by atoms with E-state index in [0.29, 0.717) is 11.6 Å². The number of benzene rings is 1. The molecule has 1 heterocycles. The van der Waals surface area contributed by atoms with Crippen LogP contribution in [0.4, 0.5) is 4.39 Å². The van der Waals surface area contributed by atoms with Crippen LogP contribution in [0.15, 0.2) is 18.2 Å². The number of hydrogen-bond donors (Lipinski definition) is 1. The van der Waals surface area contributed by atoms with E-state index in [2.05, 4.69) is 17.1 Å². The maximum absolute atomic E-state index is 13.8. The van der Waals surface area contributed by atoms with Crippen molar-refractivity contribution in [3.05, 3.63) is 34.6 Å². The highest BCUT2D eigenvalue weighted by atomic mass is 35.5. The van der Waals surface area contributed by atoms with E-state index in [4.69, 9.17) is 11.6 Å². The first-order valence-corrected chi connectivity index (χ1v) is 7.44. The van der Waals surface area contributed by atoms with Gasteiger partial charge in [-0.2, -0.15) is 0 Å². The van der Waals surface area contributed by atoms with Gasteiger partial charge in [0.2, 0.25) is 0 Å². The van der Waals surface area contributed by atoms with Crippen LogP contribution in [-0.2, 0) is 6.54 Å². The molecule has 1 fully saturated rings. The average molecular weight is 285 g/mol. The van der Waals surface area contributed by atoms with Crippen LogP contribution in [0, 0.1) is 11.7 Å². The molecule has 2 rings (SSSR count). The molecule has 0 aliphatic carbocycles. The van der Waals surface area contributed by atoms with E-state index in [9.17, 15) is 4.39 Å². The van der Waals surface area contributed by atoms with Crippen molar-refractivity contribution in [2.24, 2.45) is 5.92 Å². The zero-order chi connectivity index (χ0) is 13.7. The van der Waals surface area contributed by atoms with E-state index in [1.54, 1.807) is 12.1 Å². The molecular formula is C15H22ClFN2. The highest BCUT2D eigenvalue weighted by molar-refractivity contribution is 6.30. The summed E-state index contributed by atoms with van der Waals surface area (Å²) < 4.78 is 13.8. The Morgan fingerprint density at radius 3 is 2.74 bits per heavy atom. The Morgan fingerprint density at radius 1 is 1.37 bits per heavy atom. The standard InChI is InChI=1S/C15H22ClFN2/c1-2-19(10-12-5-7-18-8-6-12)11-13-3-4-14(16)9-15(13)17/h3-4,9,12,18H,2,5-8,10-11H2,1H3. The first kappa shape index (κ1) is 14.8. The van der Waals surface area contributed by atoms with E-state index in [-0.39, 0.29) is 5.82 Å². The lowest BCUT2D eigenvalue weighted by Gasteiger charge is -2.29. The molecule has 4 heteroatoms. The number of rotatable bonds is 5. The fourth-order valence-electron chi connectivity index (χ4n) is 2.63. The molecule has 0 saturated carbocycles. The van der Waals surface area contributed by atoms with E-state index in [1.807, 2.05) is 0 Å². The quantitative estimate of drug-likeness (QED) is 0.892. The molecule has 0 amide bonds. The van der Waals surface area contributed by atoms with Crippen molar-refractivity contribution in [1.29, 1.82) is 0 Å². The van der Waals surface area contributed by atoms with Gasteiger partial charge in [-0.1, -0.05) is 24.6 Å². The lowest BCUT2D eigenvalue weighted by Crippen LogP contribution is -2.36. The predicted molar refractivity (Wildman–Crippen MR) is 78.0 cm³/mol. The van der Waals surface area contributed by atoms with Gasteiger partial charge in [-0.3, -0.25) is 4.90 Å². The monoisotopic (exact) mass is 284 g/mol. The van der Waals surface area contributed by atoms with E-state index in [0.717, 1.165) is 37.7 Å². The normalized spacial score (nSPS) is 17.1. The maximum Gasteiger partial charge on any atom is 0.129 e. The van der Waals surface area contributed by atoms with E-state index in [1.165, 1.54) is 18.9 Å². The molecule has 0 bridgehead atoms. The molecule has 1 N–H and O–H groups in total. The van der Waals surface area contributed by atoms with Crippen LogP contribution in [0.1, 0.15) is 25.3 Å². The van der Waals surface area contributed by atoms with E-state index >= 15 is 0 Å². The highest BCUT2D eigenvalue weighted by Crippen LogP contribution is 2.19. The zero-order valence-corrected chi connectivity index (χ0v) is 12.2. The molecule has 0 atom stereocenters. The van der Waals surface area contributed by atoms with Crippen LogP contribution in [-0.4, -0.2) is 31.1 Å². The minimum Gasteiger partial charge on any atom is -0.317 e. The first-order chi connectivity index (χ1) is 9.19. The van der Waals surface area contributed by atoms with Crippen molar-refractivity contribution in [2.75, 3.05) is 26.2 Å². The minimum absolute atomic E-state index is 0.198. The third-order valence-corrected chi connectivity index (χ3v) is 4.07. The average Bonchev–Trinajstić information content (AvgIpc) is 2.42. The number of piperidine rings is 1. The lowest BCUT2D eigenvalue weighted by atomic mass is 9.97. The fourth-order valence-corrected chi connectivity index (χ4v) is 2.78. The molecule has 0 aromatic heterocycles. The number of hydrogen-bond acceptors (Lipinski definition) is 2. The van der Waals surface area contributed by atoms with Crippen LogP contribution >= 0.6 is 11.6 Å². The molecule has 1 aromatic rings. The van der Waals surface area contributed by atoms with Gasteiger partial charge in [-0.25, -0.2) is 4.39 Å². The summed E-state index contributed by atoms with van der Waals surface area (Å²) in [6, 6.07) is 4.95. The van der Waals surface area contributed by atoms with Gasteiger partial charge in [-0.05, 0) is 50.5 Å². The molecule has 1 aliphatic heterocycles.